The zero-order valence-electron chi connectivity index (χ0n) is 11.7. The largest absolute Gasteiger partial charge is 0.385 e. The zero-order chi connectivity index (χ0) is 13.5. The van der Waals surface area contributed by atoms with Gasteiger partial charge in [0.25, 0.3) is 0 Å². The number of carbonyl (C=O) groups excluding carboxylic acids is 1. The maximum Gasteiger partial charge on any atom is 0.163 e. The Kier molecular flexibility index (Phi) is 6.01. The van der Waals surface area contributed by atoms with E-state index < -0.39 is 0 Å². The van der Waals surface area contributed by atoms with Crippen molar-refractivity contribution in [2.75, 3.05) is 26.9 Å². The normalized spacial score (nSPS) is 10.9. The summed E-state index contributed by atoms with van der Waals surface area (Å²) in [5.74, 6) is 0.0669. The molecule has 0 saturated carbocycles. The number of ether oxygens (including phenoxy) is 2. The number of aryl methyl sites for hydroxylation is 1. The molecule has 0 aromatic carbocycles. The molecule has 0 amide bonds. The summed E-state index contributed by atoms with van der Waals surface area (Å²) in [6, 6.07) is 0. The Labute approximate surface area is 108 Å². The maximum atomic E-state index is 11.5. The van der Waals surface area contributed by atoms with Crippen LogP contribution in [-0.2, 0) is 16.0 Å². The molecule has 0 aliphatic heterocycles. The van der Waals surface area contributed by atoms with Crippen LogP contribution in [-0.4, -0.2) is 42.5 Å². The predicted molar refractivity (Wildman–Crippen MR) is 69.0 cm³/mol. The first-order valence-electron chi connectivity index (χ1n) is 6.19. The van der Waals surface area contributed by atoms with Crippen LogP contribution in [0, 0.1) is 13.8 Å². The number of aromatic nitrogens is 2. The molecule has 0 unspecified atom stereocenters. The average Bonchev–Trinajstić information content (AvgIpc) is 2.59. The second-order valence-electron chi connectivity index (χ2n) is 4.28. The fourth-order valence-electron chi connectivity index (χ4n) is 1.98. The lowest BCUT2D eigenvalue weighted by Gasteiger charge is -2.06. The number of hydrogen-bond acceptors (Lipinski definition) is 4. The molecule has 0 aliphatic carbocycles. The van der Waals surface area contributed by atoms with Gasteiger partial charge in [-0.15, -0.1) is 0 Å². The van der Waals surface area contributed by atoms with Crippen molar-refractivity contribution in [3.63, 3.8) is 0 Å². The molecule has 102 valence electrons. The fourth-order valence-corrected chi connectivity index (χ4v) is 1.98. The van der Waals surface area contributed by atoms with E-state index in [-0.39, 0.29) is 5.78 Å². The van der Waals surface area contributed by atoms with Gasteiger partial charge in [-0.2, -0.15) is 5.10 Å². The second-order valence-corrected chi connectivity index (χ2v) is 4.28. The van der Waals surface area contributed by atoms with E-state index in [0.29, 0.717) is 26.4 Å². The monoisotopic (exact) mass is 254 g/mol. The van der Waals surface area contributed by atoms with E-state index in [4.69, 9.17) is 9.47 Å². The van der Waals surface area contributed by atoms with Crippen LogP contribution in [0.3, 0.4) is 0 Å². The van der Waals surface area contributed by atoms with E-state index in [2.05, 4.69) is 5.10 Å². The number of ketones is 1. The summed E-state index contributed by atoms with van der Waals surface area (Å²) in [5, 5.41) is 4.36. The van der Waals surface area contributed by atoms with Crippen molar-refractivity contribution in [1.82, 2.24) is 9.78 Å². The summed E-state index contributed by atoms with van der Waals surface area (Å²) in [6.07, 6.45) is 0.895. The molecule has 1 heterocycles. The van der Waals surface area contributed by atoms with Gasteiger partial charge in [0.2, 0.25) is 0 Å². The molecule has 0 bridgehead atoms. The summed E-state index contributed by atoms with van der Waals surface area (Å²) in [4.78, 5) is 11.5. The average molecular weight is 254 g/mol. The molecule has 5 nitrogen and oxygen atoms in total. The van der Waals surface area contributed by atoms with Crippen LogP contribution in [0.1, 0.15) is 35.1 Å². The zero-order valence-corrected chi connectivity index (χ0v) is 11.7. The Bertz CT molecular complexity index is 399. The van der Waals surface area contributed by atoms with E-state index in [1.54, 1.807) is 14.0 Å². The Hall–Kier alpha value is -1.20. The van der Waals surface area contributed by atoms with E-state index in [1.165, 1.54) is 0 Å². The minimum absolute atomic E-state index is 0.0669. The first-order valence-corrected chi connectivity index (χ1v) is 6.19. The summed E-state index contributed by atoms with van der Waals surface area (Å²) >= 11 is 0. The molecular weight excluding hydrogens is 232 g/mol. The topological polar surface area (TPSA) is 53.4 Å². The summed E-state index contributed by atoms with van der Waals surface area (Å²) < 4.78 is 12.3. The van der Waals surface area contributed by atoms with Crippen LogP contribution in [0.15, 0.2) is 0 Å². The van der Waals surface area contributed by atoms with E-state index in [1.807, 2.05) is 18.5 Å². The van der Waals surface area contributed by atoms with E-state index in [0.717, 1.165) is 23.4 Å². The minimum Gasteiger partial charge on any atom is -0.385 e. The van der Waals surface area contributed by atoms with Crippen LogP contribution >= 0.6 is 0 Å². The number of carbonyl (C=O) groups is 1. The van der Waals surface area contributed by atoms with Gasteiger partial charge in [-0.05, 0) is 27.2 Å². The van der Waals surface area contributed by atoms with Crippen molar-refractivity contribution in [1.29, 1.82) is 0 Å². The number of rotatable bonds is 8. The molecule has 0 N–H and O–H groups in total. The first kappa shape index (κ1) is 14.9. The first-order chi connectivity index (χ1) is 8.57. The lowest BCUT2D eigenvalue weighted by Crippen LogP contribution is -2.10. The highest BCUT2D eigenvalue weighted by molar-refractivity contribution is 5.96. The van der Waals surface area contributed by atoms with Crippen molar-refractivity contribution in [2.45, 2.75) is 33.7 Å². The van der Waals surface area contributed by atoms with Crippen molar-refractivity contribution < 1.29 is 14.3 Å². The Morgan fingerprint density at radius 2 is 2.00 bits per heavy atom. The highest BCUT2D eigenvalue weighted by atomic mass is 16.5. The van der Waals surface area contributed by atoms with Crippen LogP contribution in [0.5, 0.6) is 0 Å². The van der Waals surface area contributed by atoms with E-state index in [9.17, 15) is 4.79 Å². The predicted octanol–water partition coefficient (Wildman–Crippen LogP) is 1.76. The fraction of sp³-hybridized carbons (Fsp3) is 0.692. The van der Waals surface area contributed by atoms with Gasteiger partial charge in [0.15, 0.2) is 5.78 Å². The lowest BCUT2D eigenvalue weighted by atomic mass is 10.1. The number of Topliss-reactive ketones (excluding diaryl/α,β-unsaturated/α-hetero) is 1. The van der Waals surface area contributed by atoms with Crippen molar-refractivity contribution in [3.05, 3.63) is 17.0 Å². The Morgan fingerprint density at radius 1 is 1.28 bits per heavy atom. The summed E-state index contributed by atoms with van der Waals surface area (Å²) in [7, 11) is 1.68. The highest BCUT2D eigenvalue weighted by Crippen LogP contribution is 2.13. The molecule has 0 fully saturated rings. The molecule has 0 saturated heterocycles. The smallest absolute Gasteiger partial charge is 0.163 e. The van der Waals surface area contributed by atoms with Crippen molar-refractivity contribution in [3.8, 4) is 0 Å². The number of hydrogen-bond donors (Lipinski definition) is 0. The van der Waals surface area contributed by atoms with Gasteiger partial charge in [0.05, 0.1) is 24.4 Å². The van der Waals surface area contributed by atoms with Gasteiger partial charge in [-0.25, -0.2) is 0 Å². The second kappa shape index (κ2) is 7.28. The molecular formula is C13H22N2O3. The van der Waals surface area contributed by atoms with E-state index >= 15 is 0 Å². The molecule has 5 heteroatoms. The molecule has 0 aliphatic rings. The third kappa shape index (κ3) is 3.92. The van der Waals surface area contributed by atoms with Gasteiger partial charge in [-0.1, -0.05) is 0 Å². The van der Waals surface area contributed by atoms with Gasteiger partial charge < -0.3 is 9.47 Å². The standard InChI is InChI=1S/C13H22N2O3/c1-10-13(12(3)16)11(2)15(14-10)6-9-18-8-5-7-17-4/h5-9H2,1-4H3. The van der Waals surface area contributed by atoms with Crippen molar-refractivity contribution >= 4 is 5.78 Å². The van der Waals surface area contributed by atoms with Gasteiger partial charge in [-0.3, -0.25) is 9.48 Å². The third-order valence-corrected chi connectivity index (χ3v) is 2.82. The van der Waals surface area contributed by atoms with Crippen LogP contribution in [0.25, 0.3) is 0 Å². The lowest BCUT2D eigenvalue weighted by molar-refractivity contribution is 0.0955. The minimum atomic E-state index is 0.0669. The van der Waals surface area contributed by atoms with Gasteiger partial charge in [0, 0.05) is 26.0 Å². The third-order valence-electron chi connectivity index (χ3n) is 2.82. The molecule has 18 heavy (non-hydrogen) atoms. The Morgan fingerprint density at radius 3 is 2.56 bits per heavy atom. The molecule has 0 radical (unpaired) electrons. The van der Waals surface area contributed by atoms with Crippen molar-refractivity contribution in [2.24, 2.45) is 0 Å². The van der Waals surface area contributed by atoms with Crippen LogP contribution in [0.2, 0.25) is 0 Å². The number of methoxy groups -OCH3 is 1. The van der Waals surface area contributed by atoms with Crippen LogP contribution in [0.4, 0.5) is 0 Å². The molecule has 1 rings (SSSR count). The van der Waals surface area contributed by atoms with Gasteiger partial charge in [0.1, 0.15) is 0 Å². The van der Waals surface area contributed by atoms with Gasteiger partial charge >= 0.3 is 0 Å². The van der Waals surface area contributed by atoms with Crippen LogP contribution < -0.4 is 0 Å². The molecule has 0 atom stereocenters. The molecule has 0 spiro atoms. The Balaban J connectivity index is 2.44. The SMILES string of the molecule is COCCCOCCn1nc(C)c(C(C)=O)c1C. The molecule has 1 aromatic rings. The summed E-state index contributed by atoms with van der Waals surface area (Å²) in [5.41, 5.74) is 2.44. The highest BCUT2D eigenvalue weighted by Gasteiger charge is 2.14. The molecule has 1 aromatic heterocycles. The quantitative estimate of drug-likeness (QED) is 0.524. The maximum absolute atomic E-state index is 11.5. The number of nitrogens with zero attached hydrogens (tertiary/aromatic N) is 2. The summed E-state index contributed by atoms with van der Waals surface area (Å²) in [6.45, 7) is 8.03.